The standard InChI is InChI=1S/C22H14F2O3/c23-16-7-6-15(20(24)10-16)13-26-17-8-9-18-19(14-4-2-1-3-5-14)12-22(25)27-21(18)11-17/h1-12H,13H2. The van der Waals surface area contributed by atoms with Crippen molar-refractivity contribution in [2.24, 2.45) is 0 Å². The van der Waals surface area contributed by atoms with Gasteiger partial charge in [-0.05, 0) is 35.4 Å². The fourth-order valence-corrected chi connectivity index (χ4v) is 2.89. The SMILES string of the molecule is O=c1cc(-c2ccccc2)c2ccc(OCc3ccc(F)cc3F)cc2o1. The second kappa shape index (κ2) is 7.03. The third-order valence-electron chi connectivity index (χ3n) is 4.21. The van der Waals surface area contributed by atoms with Gasteiger partial charge in [0.1, 0.15) is 29.6 Å². The summed E-state index contributed by atoms with van der Waals surface area (Å²) in [6, 6.07) is 19.4. The molecule has 4 aromatic rings. The molecule has 0 aliphatic carbocycles. The molecule has 0 radical (unpaired) electrons. The normalized spacial score (nSPS) is 10.9. The van der Waals surface area contributed by atoms with Crippen molar-refractivity contribution in [1.29, 1.82) is 0 Å². The van der Waals surface area contributed by atoms with Gasteiger partial charge in [-0.2, -0.15) is 0 Å². The van der Waals surface area contributed by atoms with Gasteiger partial charge in [-0.3, -0.25) is 0 Å². The quantitative estimate of drug-likeness (QED) is 0.460. The van der Waals surface area contributed by atoms with Crippen molar-refractivity contribution in [3.63, 3.8) is 0 Å². The first kappa shape index (κ1) is 17.0. The zero-order chi connectivity index (χ0) is 18.8. The van der Waals surface area contributed by atoms with Crippen molar-refractivity contribution in [2.75, 3.05) is 0 Å². The molecule has 0 aliphatic rings. The molecule has 0 unspecified atom stereocenters. The monoisotopic (exact) mass is 364 g/mol. The third-order valence-corrected chi connectivity index (χ3v) is 4.21. The van der Waals surface area contributed by atoms with Gasteiger partial charge in [0.15, 0.2) is 0 Å². The van der Waals surface area contributed by atoms with Crippen LogP contribution >= 0.6 is 0 Å². The van der Waals surface area contributed by atoms with Crippen molar-refractivity contribution in [3.8, 4) is 16.9 Å². The van der Waals surface area contributed by atoms with Gasteiger partial charge in [-0.15, -0.1) is 0 Å². The first-order chi connectivity index (χ1) is 13.1. The Morgan fingerprint density at radius 1 is 0.889 bits per heavy atom. The molecule has 27 heavy (non-hydrogen) atoms. The van der Waals surface area contributed by atoms with Crippen molar-refractivity contribution in [2.45, 2.75) is 6.61 Å². The van der Waals surface area contributed by atoms with Crippen LogP contribution in [0.3, 0.4) is 0 Å². The zero-order valence-corrected chi connectivity index (χ0v) is 14.1. The van der Waals surface area contributed by atoms with E-state index in [2.05, 4.69) is 0 Å². The zero-order valence-electron chi connectivity index (χ0n) is 14.1. The lowest BCUT2D eigenvalue weighted by molar-refractivity contribution is 0.299. The minimum absolute atomic E-state index is 0.0692. The van der Waals surface area contributed by atoms with Crippen LogP contribution in [0.25, 0.3) is 22.1 Å². The molecular weight excluding hydrogens is 350 g/mol. The Labute approximate surface area is 153 Å². The summed E-state index contributed by atoms with van der Waals surface area (Å²) in [5.74, 6) is -0.898. The Morgan fingerprint density at radius 2 is 1.70 bits per heavy atom. The lowest BCUT2D eigenvalue weighted by atomic mass is 10.0. The number of fused-ring (bicyclic) bond motifs is 1. The molecule has 1 aromatic heterocycles. The van der Waals surface area contributed by atoms with E-state index in [0.717, 1.165) is 22.6 Å². The molecule has 0 N–H and O–H groups in total. The van der Waals surface area contributed by atoms with Crippen molar-refractivity contribution < 1.29 is 17.9 Å². The van der Waals surface area contributed by atoms with E-state index in [4.69, 9.17) is 9.15 Å². The maximum absolute atomic E-state index is 13.7. The number of ether oxygens (including phenoxy) is 1. The minimum Gasteiger partial charge on any atom is -0.489 e. The van der Waals surface area contributed by atoms with Crippen LogP contribution in [0.1, 0.15) is 5.56 Å². The summed E-state index contributed by atoms with van der Waals surface area (Å²) >= 11 is 0. The Morgan fingerprint density at radius 3 is 2.48 bits per heavy atom. The maximum atomic E-state index is 13.7. The molecule has 5 heteroatoms. The Bertz CT molecular complexity index is 1170. The summed E-state index contributed by atoms with van der Waals surface area (Å²) in [5.41, 5.74) is 1.80. The van der Waals surface area contributed by atoms with Gasteiger partial charge in [0.2, 0.25) is 0 Å². The van der Waals surface area contributed by atoms with E-state index in [0.29, 0.717) is 11.3 Å². The molecule has 134 valence electrons. The van der Waals surface area contributed by atoms with Crippen LogP contribution in [-0.4, -0.2) is 0 Å². The Kier molecular flexibility index (Phi) is 4.42. The molecular formula is C22H14F2O3. The van der Waals surface area contributed by atoms with Gasteiger partial charge in [-0.1, -0.05) is 30.3 Å². The average Bonchev–Trinajstić information content (AvgIpc) is 2.67. The van der Waals surface area contributed by atoms with Crippen LogP contribution in [0.5, 0.6) is 5.75 Å². The number of halogens is 2. The predicted molar refractivity (Wildman–Crippen MR) is 98.6 cm³/mol. The van der Waals surface area contributed by atoms with Crippen LogP contribution in [0.15, 0.2) is 82.0 Å². The molecule has 0 saturated heterocycles. The van der Waals surface area contributed by atoms with E-state index < -0.39 is 17.3 Å². The van der Waals surface area contributed by atoms with Crippen molar-refractivity contribution >= 4 is 11.0 Å². The van der Waals surface area contributed by atoms with Crippen LogP contribution in [-0.2, 0) is 6.61 Å². The predicted octanol–water partition coefficient (Wildman–Crippen LogP) is 5.32. The number of rotatable bonds is 4. The molecule has 4 rings (SSSR count). The van der Waals surface area contributed by atoms with E-state index >= 15 is 0 Å². The maximum Gasteiger partial charge on any atom is 0.336 e. The van der Waals surface area contributed by atoms with Crippen molar-refractivity contribution in [3.05, 3.63) is 100 Å². The molecule has 3 aromatic carbocycles. The smallest absolute Gasteiger partial charge is 0.336 e. The third kappa shape index (κ3) is 3.58. The fourth-order valence-electron chi connectivity index (χ4n) is 2.89. The van der Waals surface area contributed by atoms with E-state index in [1.54, 1.807) is 18.2 Å². The molecule has 0 fully saturated rings. The van der Waals surface area contributed by atoms with Gasteiger partial charge < -0.3 is 9.15 Å². The first-order valence-corrected chi connectivity index (χ1v) is 8.30. The van der Waals surface area contributed by atoms with E-state index in [1.807, 2.05) is 30.3 Å². The van der Waals surface area contributed by atoms with Gasteiger partial charge >= 0.3 is 5.63 Å². The highest BCUT2D eigenvalue weighted by Gasteiger charge is 2.10. The molecule has 0 amide bonds. The second-order valence-electron chi connectivity index (χ2n) is 6.03. The van der Waals surface area contributed by atoms with Crippen molar-refractivity contribution in [1.82, 2.24) is 0 Å². The van der Waals surface area contributed by atoms with E-state index in [-0.39, 0.29) is 12.2 Å². The average molecular weight is 364 g/mol. The molecule has 0 aliphatic heterocycles. The summed E-state index contributed by atoms with van der Waals surface area (Å²) < 4.78 is 37.6. The molecule has 0 spiro atoms. The summed E-state index contributed by atoms with van der Waals surface area (Å²) in [6.07, 6.45) is 0. The molecule has 0 atom stereocenters. The molecule has 0 bridgehead atoms. The first-order valence-electron chi connectivity index (χ1n) is 8.30. The molecule has 3 nitrogen and oxygen atoms in total. The van der Waals surface area contributed by atoms with Gasteiger partial charge in [-0.25, -0.2) is 13.6 Å². The van der Waals surface area contributed by atoms with Crippen LogP contribution < -0.4 is 10.4 Å². The summed E-state index contributed by atoms with van der Waals surface area (Å²) in [6.45, 7) is -0.0692. The van der Waals surface area contributed by atoms with Gasteiger partial charge in [0.25, 0.3) is 0 Å². The summed E-state index contributed by atoms with van der Waals surface area (Å²) in [4.78, 5) is 12.0. The highest BCUT2D eigenvalue weighted by atomic mass is 19.1. The topological polar surface area (TPSA) is 39.4 Å². The lowest BCUT2D eigenvalue weighted by Gasteiger charge is -2.10. The van der Waals surface area contributed by atoms with E-state index in [9.17, 15) is 13.6 Å². The number of hydrogen-bond acceptors (Lipinski definition) is 3. The molecule has 1 heterocycles. The van der Waals surface area contributed by atoms with Crippen LogP contribution in [0, 0.1) is 11.6 Å². The van der Waals surface area contributed by atoms with Gasteiger partial charge in [0.05, 0.1) is 0 Å². The number of hydrogen-bond donors (Lipinski definition) is 0. The largest absolute Gasteiger partial charge is 0.489 e. The van der Waals surface area contributed by atoms with E-state index in [1.165, 1.54) is 18.2 Å². The summed E-state index contributed by atoms with van der Waals surface area (Å²) in [5, 5.41) is 0.765. The second-order valence-corrected chi connectivity index (χ2v) is 6.03. The number of benzene rings is 3. The van der Waals surface area contributed by atoms with Crippen LogP contribution in [0.4, 0.5) is 8.78 Å². The highest BCUT2D eigenvalue weighted by Crippen LogP contribution is 2.29. The van der Waals surface area contributed by atoms with Crippen LogP contribution in [0.2, 0.25) is 0 Å². The Balaban J connectivity index is 1.67. The minimum atomic E-state index is -0.673. The lowest BCUT2D eigenvalue weighted by Crippen LogP contribution is -2.01. The fraction of sp³-hybridized carbons (Fsp3) is 0.0455. The highest BCUT2D eigenvalue weighted by molar-refractivity contribution is 5.93. The molecule has 0 saturated carbocycles. The Hall–Kier alpha value is -3.47. The van der Waals surface area contributed by atoms with Gasteiger partial charge in [0, 0.05) is 29.1 Å². The summed E-state index contributed by atoms with van der Waals surface area (Å²) in [7, 11) is 0.